The summed E-state index contributed by atoms with van der Waals surface area (Å²) in [7, 11) is 0. The van der Waals surface area contributed by atoms with Crippen molar-refractivity contribution in [3.05, 3.63) is 224 Å². The van der Waals surface area contributed by atoms with Gasteiger partial charge in [-0.1, -0.05) is 91.0 Å². The standard InChI is InChI=1S/C63H37N3O3S/c1-5-13-56-49(9-1)52-30-25-45(36-60(52)68-56)65(41-21-19-38(20-22-41)63-64-55-12-4-8-16-62(55)70-63)42-23-28-47-39(33-42)17-18-40-34-43(24-29-48(40)47)66(44-27-32-59-54(35-44)51-11-3-7-15-58(51)67-59)46-26-31-53-50-10-2-6-14-57(50)69-61(53)37-46/h1-37H. The SMILES string of the molecule is c1ccc2sc(-c3ccc(N(c4ccc5c(ccc6cc(N(c7ccc8c(c7)oc7ccccc78)c7ccc8oc9ccccc9c8c7)ccc65)c4)c4ccc5c(c4)oc4ccccc45)cc3)nc2c1. The maximum Gasteiger partial charge on any atom is 0.137 e. The highest BCUT2D eigenvalue weighted by Crippen LogP contribution is 2.45. The summed E-state index contributed by atoms with van der Waals surface area (Å²) in [6.45, 7) is 0. The van der Waals surface area contributed by atoms with Crippen LogP contribution in [0.5, 0.6) is 0 Å². The first-order valence-electron chi connectivity index (χ1n) is 23.4. The quantitative estimate of drug-likeness (QED) is 0.149. The van der Waals surface area contributed by atoms with Crippen molar-refractivity contribution in [2.75, 3.05) is 9.80 Å². The van der Waals surface area contributed by atoms with Crippen LogP contribution >= 0.6 is 11.3 Å². The molecule has 0 aliphatic carbocycles. The molecule has 7 heteroatoms. The number of thiazole rings is 1. The van der Waals surface area contributed by atoms with Crippen LogP contribution < -0.4 is 9.80 Å². The number of aromatic nitrogens is 1. The Balaban J connectivity index is 0.851. The van der Waals surface area contributed by atoms with Gasteiger partial charge in [0.05, 0.1) is 10.2 Å². The monoisotopic (exact) mass is 915 g/mol. The molecule has 11 aromatic carbocycles. The van der Waals surface area contributed by atoms with E-state index < -0.39 is 0 Å². The molecule has 0 spiro atoms. The van der Waals surface area contributed by atoms with E-state index in [0.29, 0.717) is 0 Å². The second-order valence-electron chi connectivity index (χ2n) is 17.9. The normalized spacial score (nSPS) is 12.0. The van der Waals surface area contributed by atoms with Gasteiger partial charge in [0.1, 0.15) is 38.5 Å². The van der Waals surface area contributed by atoms with E-state index in [1.54, 1.807) is 11.3 Å². The number of hydrogen-bond acceptors (Lipinski definition) is 7. The Bertz CT molecular complexity index is 4550. The Labute approximate surface area is 404 Å². The maximum absolute atomic E-state index is 6.44. The molecule has 0 unspecified atom stereocenters. The van der Waals surface area contributed by atoms with Crippen molar-refractivity contribution < 1.29 is 13.3 Å². The van der Waals surface area contributed by atoms with E-state index in [0.717, 1.165) is 127 Å². The maximum atomic E-state index is 6.44. The highest BCUT2D eigenvalue weighted by atomic mass is 32.1. The molecule has 4 aromatic heterocycles. The summed E-state index contributed by atoms with van der Waals surface area (Å²) in [4.78, 5) is 9.59. The number of para-hydroxylation sites is 4. The van der Waals surface area contributed by atoms with Crippen LogP contribution in [0.2, 0.25) is 0 Å². The molecule has 0 saturated carbocycles. The molecule has 15 aromatic rings. The topological polar surface area (TPSA) is 58.8 Å². The zero-order valence-electron chi connectivity index (χ0n) is 37.3. The lowest BCUT2D eigenvalue weighted by molar-refractivity contribution is 0.668. The molecule has 6 nitrogen and oxygen atoms in total. The minimum Gasteiger partial charge on any atom is -0.456 e. The lowest BCUT2D eigenvalue weighted by Crippen LogP contribution is -2.10. The highest BCUT2D eigenvalue weighted by Gasteiger charge is 2.21. The van der Waals surface area contributed by atoms with Crippen LogP contribution in [0.3, 0.4) is 0 Å². The largest absolute Gasteiger partial charge is 0.456 e. The van der Waals surface area contributed by atoms with Gasteiger partial charge < -0.3 is 23.1 Å². The molecule has 0 bridgehead atoms. The van der Waals surface area contributed by atoms with Gasteiger partial charge in [-0.05, 0) is 143 Å². The van der Waals surface area contributed by atoms with Gasteiger partial charge in [0.15, 0.2) is 0 Å². The average Bonchev–Trinajstić information content (AvgIpc) is 4.20. The summed E-state index contributed by atoms with van der Waals surface area (Å²) in [5, 5.41) is 12.2. The molecular formula is C63H37N3O3S. The summed E-state index contributed by atoms with van der Waals surface area (Å²) < 4.78 is 20.3. The first-order chi connectivity index (χ1) is 34.6. The van der Waals surface area contributed by atoms with Gasteiger partial charge in [0, 0.05) is 84.1 Å². The second kappa shape index (κ2) is 15.2. The third-order valence-corrected chi connectivity index (χ3v) is 14.9. The fourth-order valence-corrected chi connectivity index (χ4v) is 11.5. The van der Waals surface area contributed by atoms with Gasteiger partial charge in [0.25, 0.3) is 0 Å². The first-order valence-corrected chi connectivity index (χ1v) is 24.2. The molecule has 0 aliphatic rings. The summed E-state index contributed by atoms with van der Waals surface area (Å²) in [5.74, 6) is 0. The number of nitrogens with zero attached hydrogens (tertiary/aromatic N) is 3. The van der Waals surface area contributed by atoms with Gasteiger partial charge in [-0.3, -0.25) is 0 Å². The van der Waals surface area contributed by atoms with Crippen molar-refractivity contribution in [3.8, 4) is 10.6 Å². The zero-order valence-corrected chi connectivity index (χ0v) is 38.2. The average molecular weight is 916 g/mol. The first kappa shape index (κ1) is 38.9. The Morgan fingerprint density at radius 3 is 1.30 bits per heavy atom. The molecule has 0 amide bonds. The van der Waals surface area contributed by atoms with Crippen LogP contribution in [0.15, 0.2) is 238 Å². The molecule has 4 heterocycles. The Kier molecular flexibility index (Phi) is 8.43. The number of furan rings is 3. The van der Waals surface area contributed by atoms with Crippen molar-refractivity contribution in [2.24, 2.45) is 0 Å². The molecule has 0 N–H and O–H groups in total. The summed E-state index contributed by atoms with van der Waals surface area (Å²) in [6, 6.07) is 79.4. The van der Waals surface area contributed by atoms with E-state index in [1.807, 2.05) is 42.5 Å². The molecule has 0 aliphatic heterocycles. The van der Waals surface area contributed by atoms with Crippen LogP contribution in [0.1, 0.15) is 0 Å². The minimum absolute atomic E-state index is 0.844. The molecule has 0 radical (unpaired) electrons. The fourth-order valence-electron chi connectivity index (χ4n) is 10.5. The third kappa shape index (κ3) is 6.15. The Hall–Kier alpha value is -9.17. The number of anilines is 6. The molecule has 0 saturated heterocycles. The lowest BCUT2D eigenvalue weighted by atomic mass is 9.99. The number of rotatable bonds is 7. The second-order valence-corrected chi connectivity index (χ2v) is 18.9. The molecule has 328 valence electrons. The predicted molar refractivity (Wildman–Crippen MR) is 291 cm³/mol. The molecule has 0 fully saturated rings. The van der Waals surface area contributed by atoms with Gasteiger partial charge in [0.2, 0.25) is 0 Å². The van der Waals surface area contributed by atoms with E-state index >= 15 is 0 Å². The third-order valence-electron chi connectivity index (χ3n) is 13.8. The minimum atomic E-state index is 0.844. The van der Waals surface area contributed by atoms with Crippen molar-refractivity contribution in [1.29, 1.82) is 0 Å². The highest BCUT2D eigenvalue weighted by molar-refractivity contribution is 7.21. The van der Waals surface area contributed by atoms with Gasteiger partial charge in [-0.2, -0.15) is 0 Å². The van der Waals surface area contributed by atoms with E-state index in [1.165, 1.54) is 15.5 Å². The van der Waals surface area contributed by atoms with Crippen molar-refractivity contribution >= 4 is 143 Å². The number of hydrogen-bond donors (Lipinski definition) is 0. The lowest BCUT2D eigenvalue weighted by Gasteiger charge is -2.27. The zero-order chi connectivity index (χ0) is 45.9. The van der Waals surface area contributed by atoms with E-state index in [2.05, 4.69) is 192 Å². The van der Waals surface area contributed by atoms with Crippen LogP contribution in [0.4, 0.5) is 34.1 Å². The van der Waals surface area contributed by atoms with Crippen LogP contribution in [-0.4, -0.2) is 4.98 Å². The molecule has 15 rings (SSSR count). The Morgan fingerprint density at radius 1 is 0.300 bits per heavy atom. The Morgan fingerprint density at radius 2 is 0.714 bits per heavy atom. The molecular weight excluding hydrogens is 879 g/mol. The van der Waals surface area contributed by atoms with E-state index in [9.17, 15) is 0 Å². The summed E-state index contributed by atoms with van der Waals surface area (Å²) in [6.07, 6.45) is 0. The van der Waals surface area contributed by atoms with Gasteiger partial charge >= 0.3 is 0 Å². The summed E-state index contributed by atoms with van der Waals surface area (Å²) >= 11 is 1.72. The molecule has 0 atom stereocenters. The number of benzene rings is 11. The van der Waals surface area contributed by atoms with Crippen molar-refractivity contribution in [2.45, 2.75) is 0 Å². The fraction of sp³-hybridized carbons (Fsp3) is 0. The molecule has 70 heavy (non-hydrogen) atoms. The smallest absolute Gasteiger partial charge is 0.137 e. The van der Waals surface area contributed by atoms with Gasteiger partial charge in [-0.25, -0.2) is 4.98 Å². The van der Waals surface area contributed by atoms with E-state index in [4.69, 9.17) is 18.2 Å². The van der Waals surface area contributed by atoms with Gasteiger partial charge in [-0.15, -0.1) is 11.3 Å². The van der Waals surface area contributed by atoms with E-state index in [-0.39, 0.29) is 0 Å². The van der Waals surface area contributed by atoms with Crippen LogP contribution in [0.25, 0.3) is 108 Å². The van der Waals surface area contributed by atoms with Crippen LogP contribution in [0, 0.1) is 0 Å². The van der Waals surface area contributed by atoms with Crippen molar-refractivity contribution in [1.82, 2.24) is 4.98 Å². The van der Waals surface area contributed by atoms with Crippen LogP contribution in [-0.2, 0) is 0 Å². The predicted octanol–water partition coefficient (Wildman–Crippen LogP) is 18.9. The number of fused-ring (bicyclic) bond motifs is 13. The van der Waals surface area contributed by atoms with Crippen molar-refractivity contribution in [3.63, 3.8) is 0 Å². The summed E-state index contributed by atoms with van der Waals surface area (Å²) in [5.41, 5.74) is 13.4.